The number of fused-ring (bicyclic) bond motifs is 1. The molecule has 0 amide bonds. The van der Waals surface area contributed by atoms with Crippen LogP contribution in [0.15, 0.2) is 42.4 Å². The third kappa shape index (κ3) is 3.28. The maximum atomic E-state index is 8.75. The lowest BCUT2D eigenvalue weighted by Gasteiger charge is -2.15. The Labute approximate surface area is 160 Å². The predicted octanol–water partition coefficient (Wildman–Crippen LogP) is 6.41. The second-order valence-electron chi connectivity index (χ2n) is 7.44. The number of benzene rings is 2. The molecule has 0 radical (unpaired) electrons. The molecule has 0 atom stereocenters. The molecule has 0 aliphatic rings. The van der Waals surface area contributed by atoms with Gasteiger partial charge in [0.15, 0.2) is 5.69 Å². The number of aryl methyl sites for hydroxylation is 2. The van der Waals surface area contributed by atoms with E-state index < -0.39 is 0 Å². The van der Waals surface area contributed by atoms with Crippen LogP contribution in [0.3, 0.4) is 0 Å². The molecule has 0 N–H and O–H groups in total. The zero-order valence-corrected chi connectivity index (χ0v) is 17.1. The first-order valence-electron chi connectivity index (χ1n) is 10.5. The zero-order chi connectivity index (χ0) is 19.7. The minimum Gasteiger partial charge on any atom is -0.198 e. The van der Waals surface area contributed by atoms with Gasteiger partial charge >= 0.3 is 0 Å². The fourth-order valence-electron chi connectivity index (χ4n) is 3.98. The Hall–Kier alpha value is -2.15. The summed E-state index contributed by atoms with van der Waals surface area (Å²) in [6.45, 7) is 11.0. The van der Waals surface area contributed by atoms with Crippen molar-refractivity contribution in [3.05, 3.63) is 64.8 Å². The summed E-state index contributed by atoms with van der Waals surface area (Å²) in [6.07, 6.45) is 3.31. The Morgan fingerprint density at radius 1 is 1.00 bits per heavy atom. The highest BCUT2D eigenvalue weighted by molar-refractivity contribution is 5.94. The van der Waals surface area contributed by atoms with Crippen molar-refractivity contribution in [2.45, 2.75) is 59.8 Å². The molecule has 1 nitrogen and oxygen atoms in total. The minimum atomic E-state index is 0.566. The molecule has 3 aromatic rings. The van der Waals surface area contributed by atoms with Crippen LogP contribution in [-0.2, 0) is 13.5 Å². The van der Waals surface area contributed by atoms with Gasteiger partial charge in [-0.1, -0.05) is 45.0 Å². The largest absolute Gasteiger partial charge is 0.220 e. The number of hydrogen-bond donors (Lipinski definition) is 0. The van der Waals surface area contributed by atoms with E-state index in [1.807, 2.05) is 0 Å². The van der Waals surface area contributed by atoms with Crippen molar-refractivity contribution in [2.75, 3.05) is 0 Å². The minimum absolute atomic E-state index is 0.566. The van der Waals surface area contributed by atoms with E-state index in [1.54, 1.807) is 0 Å². The molecule has 1 heterocycles. The first-order valence-corrected chi connectivity index (χ1v) is 9.95. The number of hydrogen-bond acceptors (Lipinski definition) is 0. The van der Waals surface area contributed by atoms with Gasteiger partial charge in [-0.05, 0) is 66.3 Å². The molecule has 136 valence electrons. The van der Waals surface area contributed by atoms with Gasteiger partial charge in [0.2, 0.25) is 5.69 Å². The van der Waals surface area contributed by atoms with E-state index in [2.05, 4.69) is 82.6 Å². The molecular formula is C25H32N+. The molecule has 0 fully saturated rings. The fourth-order valence-corrected chi connectivity index (χ4v) is 3.98. The van der Waals surface area contributed by atoms with Crippen LogP contribution in [0.25, 0.3) is 22.0 Å². The molecule has 0 aliphatic heterocycles. The third-order valence-electron chi connectivity index (χ3n) is 5.88. The summed E-state index contributed by atoms with van der Waals surface area (Å²) in [5, 5.41) is 2.26. The maximum absolute atomic E-state index is 8.75. The van der Waals surface area contributed by atoms with Gasteiger partial charge in [0.25, 0.3) is 0 Å². The van der Waals surface area contributed by atoms with Crippen LogP contribution in [0.5, 0.6) is 0 Å². The van der Waals surface area contributed by atoms with Crippen LogP contribution in [0.4, 0.5) is 0 Å². The number of rotatable bonds is 5. The van der Waals surface area contributed by atoms with E-state index in [-0.39, 0.29) is 0 Å². The molecule has 2 aromatic carbocycles. The summed E-state index contributed by atoms with van der Waals surface area (Å²) in [4.78, 5) is 0. The Bertz CT molecular complexity index is 984. The summed E-state index contributed by atoms with van der Waals surface area (Å²) in [5.41, 5.74) is 7.51. The van der Waals surface area contributed by atoms with Gasteiger partial charge in [0, 0.05) is 18.5 Å². The number of nitrogens with zero attached hydrogens (tertiary/aromatic N) is 1. The van der Waals surface area contributed by atoms with Crippen LogP contribution >= 0.6 is 0 Å². The predicted molar refractivity (Wildman–Crippen MR) is 113 cm³/mol. The molecule has 3 rings (SSSR count). The van der Waals surface area contributed by atoms with Crippen LogP contribution in [0.2, 0.25) is 0 Å². The van der Waals surface area contributed by atoms with Gasteiger partial charge in [0.1, 0.15) is 7.05 Å². The fraction of sp³-hybridized carbons (Fsp3) is 0.400. The van der Waals surface area contributed by atoms with E-state index in [9.17, 15) is 0 Å². The number of pyridine rings is 1. The van der Waals surface area contributed by atoms with Crippen molar-refractivity contribution < 1.29 is 5.94 Å². The van der Waals surface area contributed by atoms with E-state index in [4.69, 9.17) is 1.37 Å². The normalized spacial score (nSPS) is 12.0. The maximum Gasteiger partial charge on any atom is 0.220 e. The van der Waals surface area contributed by atoms with Crippen molar-refractivity contribution in [1.29, 1.82) is 0 Å². The molecule has 0 spiro atoms. The Kier molecular flexibility index (Phi) is 5.06. The molecule has 1 heteroatoms. The highest BCUT2D eigenvalue weighted by Gasteiger charge is 2.20. The molecule has 0 bridgehead atoms. The first-order chi connectivity index (χ1) is 12.9. The lowest BCUT2D eigenvalue weighted by molar-refractivity contribution is -0.665. The smallest absolute Gasteiger partial charge is 0.198 e. The van der Waals surface area contributed by atoms with Crippen molar-refractivity contribution in [1.82, 2.24) is 0 Å². The molecule has 26 heavy (non-hydrogen) atoms. The van der Waals surface area contributed by atoms with Gasteiger partial charge in [-0.3, -0.25) is 0 Å². The summed E-state index contributed by atoms with van der Waals surface area (Å²) in [5.74, 6) is 0.566. The highest BCUT2D eigenvalue weighted by Crippen LogP contribution is 2.32. The SMILES string of the molecule is [2H]c1c(C)[n+](C)c(-c2cc(CC)ccc2C)c2ccc(C(CC)CC)cc12. The summed E-state index contributed by atoms with van der Waals surface area (Å²) in [6, 6.07) is 14.2. The van der Waals surface area contributed by atoms with Gasteiger partial charge in [0.05, 0.1) is 6.76 Å². The molecule has 0 unspecified atom stereocenters. The van der Waals surface area contributed by atoms with Crippen molar-refractivity contribution in [2.24, 2.45) is 7.05 Å². The standard InChI is InChI=1S/C25H32N/c1-7-19-11-10-17(4)24(15-19)25-23-13-12-21(20(8-2)9-3)16-22(23)14-18(5)26(25)6/h10-16,20H,7-9H2,1-6H3/q+1/i14D. The second-order valence-corrected chi connectivity index (χ2v) is 7.44. The van der Waals surface area contributed by atoms with Crippen LogP contribution in [0, 0.1) is 13.8 Å². The van der Waals surface area contributed by atoms with Crippen LogP contribution in [-0.4, -0.2) is 0 Å². The molecule has 0 saturated heterocycles. The van der Waals surface area contributed by atoms with E-state index in [0.717, 1.165) is 30.3 Å². The summed E-state index contributed by atoms with van der Waals surface area (Å²) < 4.78 is 10.9. The Morgan fingerprint density at radius 3 is 2.38 bits per heavy atom. The van der Waals surface area contributed by atoms with Crippen LogP contribution < -0.4 is 4.57 Å². The topological polar surface area (TPSA) is 3.88 Å². The van der Waals surface area contributed by atoms with Crippen LogP contribution in [0.1, 0.15) is 63.3 Å². The van der Waals surface area contributed by atoms with E-state index in [0.29, 0.717) is 12.0 Å². The average Bonchev–Trinajstić information content (AvgIpc) is 2.69. The zero-order valence-electron chi connectivity index (χ0n) is 18.1. The van der Waals surface area contributed by atoms with Gasteiger partial charge < -0.3 is 0 Å². The Balaban J connectivity index is 2.37. The summed E-state index contributed by atoms with van der Waals surface area (Å²) in [7, 11) is 2.09. The average molecular weight is 348 g/mol. The monoisotopic (exact) mass is 347 g/mol. The summed E-state index contributed by atoms with van der Waals surface area (Å²) >= 11 is 0. The Morgan fingerprint density at radius 2 is 1.73 bits per heavy atom. The second kappa shape index (κ2) is 7.61. The quantitative estimate of drug-likeness (QED) is 0.469. The van der Waals surface area contributed by atoms with Crippen molar-refractivity contribution in [3.63, 3.8) is 0 Å². The molecule has 0 aliphatic carbocycles. The van der Waals surface area contributed by atoms with E-state index >= 15 is 0 Å². The highest BCUT2D eigenvalue weighted by atomic mass is 14.9. The number of aromatic nitrogens is 1. The van der Waals surface area contributed by atoms with E-state index in [1.165, 1.54) is 33.3 Å². The molecule has 1 aromatic heterocycles. The van der Waals surface area contributed by atoms with Gasteiger partial charge in [-0.15, -0.1) is 0 Å². The first kappa shape index (κ1) is 17.3. The van der Waals surface area contributed by atoms with Gasteiger partial charge in [-0.25, -0.2) is 0 Å². The van der Waals surface area contributed by atoms with Crippen molar-refractivity contribution >= 4 is 10.8 Å². The lowest BCUT2D eigenvalue weighted by Crippen LogP contribution is -2.35. The molecular weight excluding hydrogens is 314 g/mol. The van der Waals surface area contributed by atoms with Gasteiger partial charge in [-0.2, -0.15) is 4.57 Å². The lowest BCUT2D eigenvalue weighted by atomic mass is 9.90. The van der Waals surface area contributed by atoms with Crippen molar-refractivity contribution in [3.8, 4) is 11.3 Å². The molecule has 0 saturated carbocycles. The third-order valence-corrected chi connectivity index (χ3v) is 5.88.